The Bertz CT molecular complexity index is 1080. The van der Waals surface area contributed by atoms with E-state index < -0.39 is 5.92 Å². The molecular formula is C23H24F2N4O. The lowest BCUT2D eigenvalue weighted by Crippen LogP contribution is -2.40. The molecule has 3 aromatic rings. The van der Waals surface area contributed by atoms with Gasteiger partial charge in [0.25, 0.3) is 5.92 Å². The predicted octanol–water partition coefficient (Wildman–Crippen LogP) is 4.99. The van der Waals surface area contributed by atoms with Crippen LogP contribution in [0.3, 0.4) is 0 Å². The summed E-state index contributed by atoms with van der Waals surface area (Å²) in [5, 5.41) is 4.00. The molecule has 1 saturated heterocycles. The number of amides is 2. The van der Waals surface area contributed by atoms with Crippen molar-refractivity contribution >= 4 is 28.3 Å². The van der Waals surface area contributed by atoms with Gasteiger partial charge in [-0.25, -0.2) is 13.6 Å². The van der Waals surface area contributed by atoms with Crippen molar-refractivity contribution in [2.75, 3.05) is 29.9 Å². The van der Waals surface area contributed by atoms with E-state index in [4.69, 9.17) is 0 Å². The van der Waals surface area contributed by atoms with Gasteiger partial charge in [-0.2, -0.15) is 0 Å². The predicted molar refractivity (Wildman–Crippen MR) is 114 cm³/mol. The van der Waals surface area contributed by atoms with Crippen molar-refractivity contribution in [3.8, 4) is 0 Å². The third kappa shape index (κ3) is 3.60. The quantitative estimate of drug-likeness (QED) is 0.625. The Kier molecular flexibility index (Phi) is 4.60. The van der Waals surface area contributed by atoms with Gasteiger partial charge in [0.2, 0.25) is 0 Å². The molecule has 0 radical (unpaired) electrons. The van der Waals surface area contributed by atoms with E-state index in [1.165, 1.54) is 5.56 Å². The summed E-state index contributed by atoms with van der Waals surface area (Å²) in [6.45, 7) is 1.93. The number of nitrogens with zero attached hydrogens (tertiary/aromatic N) is 2. The second kappa shape index (κ2) is 7.31. The number of H-pyrrole nitrogens is 1. The van der Waals surface area contributed by atoms with Crippen molar-refractivity contribution in [2.24, 2.45) is 0 Å². The number of aromatic amines is 1. The molecule has 0 saturated carbocycles. The van der Waals surface area contributed by atoms with Crippen molar-refractivity contribution < 1.29 is 13.6 Å². The van der Waals surface area contributed by atoms with E-state index in [0.29, 0.717) is 26.2 Å². The molecule has 2 amide bonds. The number of nitrogens with one attached hydrogen (secondary N) is 2. The molecule has 0 spiro atoms. The van der Waals surface area contributed by atoms with E-state index in [0.717, 1.165) is 34.3 Å². The zero-order valence-corrected chi connectivity index (χ0v) is 16.6. The number of carbonyl (C=O) groups is 1. The lowest BCUT2D eigenvalue weighted by molar-refractivity contribution is -0.0220. The highest BCUT2D eigenvalue weighted by Crippen LogP contribution is 2.32. The normalized spacial score (nSPS) is 18.3. The Balaban J connectivity index is 1.26. The summed E-state index contributed by atoms with van der Waals surface area (Å²) in [6, 6.07) is 13.9. The van der Waals surface area contributed by atoms with E-state index in [9.17, 15) is 13.6 Å². The summed E-state index contributed by atoms with van der Waals surface area (Å²) in [5.74, 6) is -2.54. The van der Waals surface area contributed by atoms with E-state index in [2.05, 4.69) is 16.4 Å². The Morgan fingerprint density at radius 3 is 2.67 bits per heavy atom. The van der Waals surface area contributed by atoms with Crippen LogP contribution < -0.4 is 10.2 Å². The molecule has 2 N–H and O–H groups in total. The van der Waals surface area contributed by atoms with Crippen LogP contribution in [0.15, 0.2) is 48.7 Å². The molecule has 2 aromatic carbocycles. The third-order valence-electron chi connectivity index (χ3n) is 6.18. The van der Waals surface area contributed by atoms with Crippen molar-refractivity contribution in [2.45, 2.75) is 31.7 Å². The van der Waals surface area contributed by atoms with Gasteiger partial charge in [0.1, 0.15) is 0 Å². The molecule has 2 aliphatic heterocycles. The first-order chi connectivity index (χ1) is 14.5. The van der Waals surface area contributed by atoms with Gasteiger partial charge in [0.15, 0.2) is 0 Å². The van der Waals surface area contributed by atoms with Crippen molar-refractivity contribution in [1.82, 2.24) is 9.88 Å². The summed E-state index contributed by atoms with van der Waals surface area (Å²) in [6.07, 6.45) is 2.39. The van der Waals surface area contributed by atoms with Gasteiger partial charge < -0.3 is 20.1 Å². The first kappa shape index (κ1) is 18.9. The largest absolute Gasteiger partial charge is 0.371 e. The number of rotatable bonds is 2. The van der Waals surface area contributed by atoms with Gasteiger partial charge in [-0.1, -0.05) is 24.3 Å². The van der Waals surface area contributed by atoms with Crippen LogP contribution in [0.4, 0.5) is 25.0 Å². The number of carbonyl (C=O) groups excluding carboxylic acids is 1. The highest BCUT2D eigenvalue weighted by molar-refractivity contribution is 6.01. The highest BCUT2D eigenvalue weighted by atomic mass is 19.3. The van der Waals surface area contributed by atoms with Crippen LogP contribution in [0.25, 0.3) is 10.9 Å². The smallest absolute Gasteiger partial charge is 0.322 e. The maximum atomic E-state index is 13.4. The minimum absolute atomic E-state index is 0.0914. The minimum atomic E-state index is -2.54. The Morgan fingerprint density at radius 2 is 1.83 bits per heavy atom. The van der Waals surface area contributed by atoms with Crippen LogP contribution in [0.1, 0.15) is 24.0 Å². The van der Waals surface area contributed by atoms with Crippen LogP contribution in [-0.2, 0) is 13.0 Å². The lowest BCUT2D eigenvalue weighted by atomic mass is 9.98. The summed E-state index contributed by atoms with van der Waals surface area (Å²) in [5.41, 5.74) is 5.07. The Morgan fingerprint density at radius 1 is 1.03 bits per heavy atom. The number of benzene rings is 2. The van der Waals surface area contributed by atoms with E-state index >= 15 is 0 Å². The third-order valence-corrected chi connectivity index (χ3v) is 6.18. The van der Waals surface area contributed by atoms with Gasteiger partial charge in [0.05, 0.1) is 5.69 Å². The van der Waals surface area contributed by atoms with Crippen molar-refractivity contribution in [3.05, 3.63) is 59.8 Å². The van der Waals surface area contributed by atoms with Gasteiger partial charge in [-0.15, -0.1) is 0 Å². The molecule has 7 heteroatoms. The van der Waals surface area contributed by atoms with Crippen LogP contribution in [0, 0.1) is 0 Å². The standard InChI is InChI=1S/C23H24F2N4O/c24-23(25)8-11-28(12-9-23)18-6-5-17-15-29(10-7-16(17)13-18)22(30)27-21-14-26-20-4-2-1-3-19(20)21/h1-6,13-14,26H,7-12,15H2,(H,27,30). The molecule has 1 fully saturated rings. The number of piperidine rings is 1. The van der Waals surface area contributed by atoms with Crippen molar-refractivity contribution in [1.29, 1.82) is 0 Å². The molecule has 1 aromatic heterocycles. The Hall–Kier alpha value is -3.09. The second-order valence-electron chi connectivity index (χ2n) is 8.15. The summed E-state index contributed by atoms with van der Waals surface area (Å²) < 4.78 is 26.9. The highest BCUT2D eigenvalue weighted by Gasteiger charge is 2.34. The average molecular weight is 410 g/mol. The molecule has 0 bridgehead atoms. The molecule has 5 rings (SSSR count). The topological polar surface area (TPSA) is 51.4 Å². The molecule has 156 valence electrons. The molecule has 0 aliphatic carbocycles. The molecule has 5 nitrogen and oxygen atoms in total. The Labute approximate surface area is 173 Å². The average Bonchev–Trinajstić information content (AvgIpc) is 3.16. The number of hydrogen-bond acceptors (Lipinski definition) is 2. The van der Waals surface area contributed by atoms with E-state index in [1.807, 2.05) is 52.4 Å². The molecule has 0 unspecified atom stereocenters. The zero-order valence-electron chi connectivity index (χ0n) is 16.6. The SMILES string of the molecule is O=C(Nc1c[nH]c2ccccc12)N1CCc2cc(N3CCC(F)(F)CC3)ccc2C1. The number of alkyl halides is 2. The lowest BCUT2D eigenvalue weighted by Gasteiger charge is -2.35. The molecular weight excluding hydrogens is 386 g/mol. The number of urea groups is 1. The number of aromatic nitrogens is 1. The first-order valence-corrected chi connectivity index (χ1v) is 10.4. The number of para-hydroxylation sites is 1. The molecule has 0 atom stereocenters. The maximum absolute atomic E-state index is 13.4. The van der Waals surface area contributed by atoms with Gasteiger partial charge in [0, 0.05) is 61.8 Å². The number of hydrogen-bond donors (Lipinski definition) is 2. The fourth-order valence-electron chi connectivity index (χ4n) is 4.37. The molecule has 3 heterocycles. The summed E-state index contributed by atoms with van der Waals surface area (Å²) in [4.78, 5) is 19.8. The second-order valence-corrected chi connectivity index (χ2v) is 8.15. The zero-order chi connectivity index (χ0) is 20.7. The van der Waals surface area contributed by atoms with E-state index in [1.54, 1.807) is 0 Å². The fourth-order valence-corrected chi connectivity index (χ4v) is 4.37. The minimum Gasteiger partial charge on any atom is -0.371 e. The summed E-state index contributed by atoms with van der Waals surface area (Å²) >= 11 is 0. The van der Waals surface area contributed by atoms with Gasteiger partial charge >= 0.3 is 6.03 Å². The van der Waals surface area contributed by atoms with Crippen LogP contribution >= 0.6 is 0 Å². The van der Waals surface area contributed by atoms with Crippen LogP contribution in [0.5, 0.6) is 0 Å². The summed E-state index contributed by atoms with van der Waals surface area (Å²) in [7, 11) is 0. The molecule has 30 heavy (non-hydrogen) atoms. The van der Waals surface area contributed by atoms with Crippen LogP contribution in [0.2, 0.25) is 0 Å². The van der Waals surface area contributed by atoms with Crippen LogP contribution in [-0.4, -0.2) is 41.5 Å². The maximum Gasteiger partial charge on any atom is 0.322 e. The fraction of sp³-hybridized carbons (Fsp3) is 0.348. The number of anilines is 2. The van der Waals surface area contributed by atoms with Crippen molar-refractivity contribution in [3.63, 3.8) is 0 Å². The van der Waals surface area contributed by atoms with E-state index in [-0.39, 0.29) is 18.9 Å². The monoisotopic (exact) mass is 410 g/mol. The molecule has 2 aliphatic rings. The number of fused-ring (bicyclic) bond motifs is 2. The number of halogens is 2. The van der Waals surface area contributed by atoms with Gasteiger partial charge in [-0.05, 0) is 35.7 Å². The van der Waals surface area contributed by atoms with Gasteiger partial charge in [-0.3, -0.25) is 0 Å². The first-order valence-electron chi connectivity index (χ1n) is 10.4.